The molecule has 0 saturated carbocycles. The average molecular weight is 268 g/mol. The predicted molar refractivity (Wildman–Crippen MR) is 75.7 cm³/mol. The Morgan fingerprint density at radius 2 is 2.00 bits per heavy atom. The SMILES string of the molecule is CSC[C@](C)(O)CNC(=O)NCc1ccccc1. The van der Waals surface area contributed by atoms with E-state index in [0.717, 1.165) is 5.56 Å². The highest BCUT2D eigenvalue weighted by Gasteiger charge is 2.20. The van der Waals surface area contributed by atoms with Gasteiger partial charge in [0, 0.05) is 18.8 Å². The molecule has 3 N–H and O–H groups in total. The van der Waals surface area contributed by atoms with Gasteiger partial charge in [0.2, 0.25) is 0 Å². The molecule has 0 fully saturated rings. The summed E-state index contributed by atoms with van der Waals surface area (Å²) < 4.78 is 0. The van der Waals surface area contributed by atoms with E-state index in [1.165, 1.54) is 0 Å². The summed E-state index contributed by atoms with van der Waals surface area (Å²) in [6.45, 7) is 2.44. The Hall–Kier alpha value is -1.20. The molecule has 0 aliphatic rings. The summed E-state index contributed by atoms with van der Waals surface area (Å²) in [6.07, 6.45) is 1.92. The van der Waals surface area contributed by atoms with Crippen LogP contribution in [0.3, 0.4) is 0 Å². The zero-order chi connectivity index (χ0) is 13.4. The second kappa shape index (κ2) is 7.28. The van der Waals surface area contributed by atoms with Gasteiger partial charge < -0.3 is 15.7 Å². The van der Waals surface area contributed by atoms with Gasteiger partial charge in [0.15, 0.2) is 0 Å². The van der Waals surface area contributed by atoms with Crippen LogP contribution in [-0.4, -0.2) is 35.3 Å². The summed E-state index contributed by atoms with van der Waals surface area (Å²) in [5, 5.41) is 15.3. The zero-order valence-corrected chi connectivity index (χ0v) is 11.6. The first-order valence-corrected chi connectivity index (χ1v) is 7.20. The number of hydrogen-bond acceptors (Lipinski definition) is 3. The largest absolute Gasteiger partial charge is 0.387 e. The topological polar surface area (TPSA) is 61.4 Å². The molecule has 0 aliphatic carbocycles. The molecule has 4 nitrogen and oxygen atoms in total. The van der Waals surface area contributed by atoms with Crippen molar-refractivity contribution < 1.29 is 9.90 Å². The van der Waals surface area contributed by atoms with Crippen molar-refractivity contribution in [2.24, 2.45) is 0 Å². The Morgan fingerprint density at radius 1 is 1.33 bits per heavy atom. The van der Waals surface area contributed by atoms with Crippen molar-refractivity contribution in [1.82, 2.24) is 10.6 Å². The Labute approximate surface area is 112 Å². The minimum Gasteiger partial charge on any atom is -0.387 e. The number of rotatable bonds is 6. The lowest BCUT2D eigenvalue weighted by atomic mass is 10.1. The number of thioether (sulfide) groups is 1. The van der Waals surface area contributed by atoms with E-state index in [2.05, 4.69) is 10.6 Å². The quantitative estimate of drug-likeness (QED) is 0.734. The molecule has 100 valence electrons. The van der Waals surface area contributed by atoms with Gasteiger partial charge in [0.1, 0.15) is 0 Å². The van der Waals surface area contributed by atoms with Crippen molar-refractivity contribution in [3.63, 3.8) is 0 Å². The first-order valence-electron chi connectivity index (χ1n) is 5.80. The molecule has 0 radical (unpaired) electrons. The summed E-state index contributed by atoms with van der Waals surface area (Å²) in [7, 11) is 0. The maximum Gasteiger partial charge on any atom is 0.315 e. The zero-order valence-electron chi connectivity index (χ0n) is 10.8. The lowest BCUT2D eigenvalue weighted by molar-refractivity contribution is 0.0869. The molecule has 1 aromatic rings. The van der Waals surface area contributed by atoms with E-state index in [9.17, 15) is 9.90 Å². The third-order valence-corrected chi connectivity index (χ3v) is 3.29. The molecule has 0 aromatic heterocycles. The molecular weight excluding hydrogens is 248 g/mol. The molecule has 0 bridgehead atoms. The number of urea groups is 1. The van der Waals surface area contributed by atoms with Crippen molar-refractivity contribution in [2.75, 3.05) is 18.6 Å². The lowest BCUT2D eigenvalue weighted by Gasteiger charge is -2.22. The standard InChI is InChI=1S/C13H20N2O2S/c1-13(17,10-18-2)9-15-12(16)14-8-11-6-4-3-5-7-11/h3-7,17H,8-10H2,1-2H3,(H2,14,15,16)/t13-/m1/s1. The molecule has 0 unspecified atom stereocenters. The van der Waals surface area contributed by atoms with E-state index < -0.39 is 5.60 Å². The van der Waals surface area contributed by atoms with Crippen LogP contribution in [0.25, 0.3) is 0 Å². The molecule has 0 aliphatic heterocycles. The molecule has 0 saturated heterocycles. The van der Waals surface area contributed by atoms with Crippen LogP contribution >= 0.6 is 11.8 Å². The highest BCUT2D eigenvalue weighted by molar-refractivity contribution is 7.98. The summed E-state index contributed by atoms with van der Waals surface area (Å²) in [6, 6.07) is 9.42. The number of hydrogen-bond donors (Lipinski definition) is 3. The van der Waals surface area contributed by atoms with E-state index in [4.69, 9.17) is 0 Å². The van der Waals surface area contributed by atoms with Gasteiger partial charge in [-0.3, -0.25) is 0 Å². The van der Waals surface area contributed by atoms with Crippen LogP contribution in [0, 0.1) is 0 Å². The van der Waals surface area contributed by atoms with Crippen LogP contribution < -0.4 is 10.6 Å². The third-order valence-electron chi connectivity index (χ3n) is 2.38. The van der Waals surface area contributed by atoms with Gasteiger partial charge >= 0.3 is 6.03 Å². The number of aliphatic hydroxyl groups is 1. The molecule has 1 aromatic carbocycles. The third kappa shape index (κ3) is 5.93. The monoisotopic (exact) mass is 268 g/mol. The molecule has 5 heteroatoms. The number of carbonyl (C=O) groups is 1. The molecule has 0 heterocycles. The Balaban J connectivity index is 2.26. The molecule has 1 rings (SSSR count). The molecule has 1 atom stereocenters. The van der Waals surface area contributed by atoms with Crippen LogP contribution in [-0.2, 0) is 6.54 Å². The number of carbonyl (C=O) groups excluding carboxylic acids is 1. The first-order chi connectivity index (χ1) is 8.53. The highest BCUT2D eigenvalue weighted by atomic mass is 32.2. The Kier molecular flexibility index (Phi) is 6.01. The maximum absolute atomic E-state index is 11.5. The fraction of sp³-hybridized carbons (Fsp3) is 0.462. The molecule has 18 heavy (non-hydrogen) atoms. The van der Waals surface area contributed by atoms with Gasteiger partial charge in [-0.05, 0) is 18.7 Å². The van der Waals surface area contributed by atoms with Gasteiger partial charge in [0.05, 0.1) is 5.60 Å². The Bertz CT molecular complexity index is 369. The van der Waals surface area contributed by atoms with Crippen LogP contribution in [0.15, 0.2) is 30.3 Å². The highest BCUT2D eigenvalue weighted by Crippen LogP contribution is 2.08. The van der Waals surface area contributed by atoms with Gasteiger partial charge in [0.25, 0.3) is 0 Å². The maximum atomic E-state index is 11.5. The molecular formula is C13H20N2O2S. The van der Waals surface area contributed by atoms with E-state index in [1.54, 1.807) is 18.7 Å². The summed E-state index contributed by atoms with van der Waals surface area (Å²) in [5.74, 6) is 0.589. The summed E-state index contributed by atoms with van der Waals surface area (Å²) >= 11 is 1.55. The number of amides is 2. The fourth-order valence-corrected chi connectivity index (χ4v) is 2.20. The fourth-order valence-electron chi connectivity index (χ4n) is 1.47. The van der Waals surface area contributed by atoms with Crippen LogP contribution in [0.1, 0.15) is 12.5 Å². The normalized spacial score (nSPS) is 13.7. The number of benzene rings is 1. The first kappa shape index (κ1) is 14.9. The summed E-state index contributed by atoms with van der Waals surface area (Å²) in [4.78, 5) is 11.5. The Morgan fingerprint density at radius 3 is 2.61 bits per heavy atom. The van der Waals surface area contributed by atoms with Gasteiger partial charge in [-0.25, -0.2) is 4.79 Å². The molecule has 2 amide bonds. The van der Waals surface area contributed by atoms with Crippen LogP contribution in [0.5, 0.6) is 0 Å². The molecule has 0 spiro atoms. The van der Waals surface area contributed by atoms with Crippen molar-refractivity contribution in [2.45, 2.75) is 19.1 Å². The van der Waals surface area contributed by atoms with Crippen molar-refractivity contribution in [3.8, 4) is 0 Å². The lowest BCUT2D eigenvalue weighted by Crippen LogP contribution is -2.45. The average Bonchev–Trinajstić information content (AvgIpc) is 2.35. The van der Waals surface area contributed by atoms with E-state index in [1.807, 2.05) is 36.6 Å². The number of nitrogens with one attached hydrogen (secondary N) is 2. The van der Waals surface area contributed by atoms with Crippen LogP contribution in [0.4, 0.5) is 4.79 Å². The minimum absolute atomic E-state index is 0.245. The van der Waals surface area contributed by atoms with Gasteiger partial charge in [-0.2, -0.15) is 11.8 Å². The van der Waals surface area contributed by atoms with E-state index >= 15 is 0 Å². The van der Waals surface area contributed by atoms with Crippen molar-refractivity contribution >= 4 is 17.8 Å². The van der Waals surface area contributed by atoms with Gasteiger partial charge in [-0.15, -0.1) is 0 Å². The second-order valence-electron chi connectivity index (χ2n) is 4.45. The van der Waals surface area contributed by atoms with Crippen LogP contribution in [0.2, 0.25) is 0 Å². The van der Waals surface area contributed by atoms with E-state index in [0.29, 0.717) is 12.3 Å². The van der Waals surface area contributed by atoms with E-state index in [-0.39, 0.29) is 12.6 Å². The minimum atomic E-state index is -0.872. The smallest absolute Gasteiger partial charge is 0.315 e. The van der Waals surface area contributed by atoms with Gasteiger partial charge in [-0.1, -0.05) is 30.3 Å². The van der Waals surface area contributed by atoms with Crippen molar-refractivity contribution in [3.05, 3.63) is 35.9 Å². The second-order valence-corrected chi connectivity index (χ2v) is 5.32. The van der Waals surface area contributed by atoms with Crippen molar-refractivity contribution in [1.29, 1.82) is 0 Å². The summed E-state index contributed by atoms with van der Waals surface area (Å²) in [5.41, 5.74) is 0.173. The predicted octanol–water partition coefficient (Wildman–Crippen LogP) is 1.60.